The molecular formula is C18H17BrN4O4. The Bertz CT molecular complexity index is 1060. The second kappa shape index (κ2) is 7.36. The van der Waals surface area contributed by atoms with E-state index in [0.29, 0.717) is 29.2 Å². The van der Waals surface area contributed by atoms with Gasteiger partial charge in [0, 0.05) is 22.8 Å². The molecule has 2 heterocycles. The Morgan fingerprint density at radius 2 is 2.15 bits per heavy atom. The first-order chi connectivity index (χ1) is 12.8. The highest BCUT2D eigenvalue weighted by Crippen LogP contribution is 2.30. The quantitative estimate of drug-likeness (QED) is 0.482. The summed E-state index contributed by atoms with van der Waals surface area (Å²) in [5.41, 5.74) is 2.71. The van der Waals surface area contributed by atoms with Crippen LogP contribution in [-0.2, 0) is 6.42 Å². The molecule has 0 aliphatic rings. The Balaban J connectivity index is 2.10. The maximum absolute atomic E-state index is 13.0. The molecule has 0 saturated carbocycles. The molecule has 3 aromatic rings. The van der Waals surface area contributed by atoms with E-state index in [1.165, 1.54) is 25.3 Å². The number of nitro groups is 1. The summed E-state index contributed by atoms with van der Waals surface area (Å²) < 4.78 is 7.75. The average molecular weight is 433 g/mol. The van der Waals surface area contributed by atoms with Gasteiger partial charge in [0.15, 0.2) is 0 Å². The molecule has 0 aliphatic heterocycles. The summed E-state index contributed by atoms with van der Waals surface area (Å²) in [5, 5.41) is 13.8. The number of aryl methyl sites for hydroxylation is 2. The minimum absolute atomic E-state index is 0.140. The van der Waals surface area contributed by atoms with E-state index in [2.05, 4.69) is 26.2 Å². The highest BCUT2D eigenvalue weighted by atomic mass is 79.9. The van der Waals surface area contributed by atoms with Crippen molar-refractivity contribution in [1.82, 2.24) is 9.38 Å². The maximum atomic E-state index is 13.0. The third-order valence-electron chi connectivity index (χ3n) is 4.13. The first kappa shape index (κ1) is 18.8. The van der Waals surface area contributed by atoms with E-state index in [1.807, 2.05) is 19.9 Å². The van der Waals surface area contributed by atoms with Crippen molar-refractivity contribution in [2.45, 2.75) is 20.3 Å². The van der Waals surface area contributed by atoms with Crippen molar-refractivity contribution in [2.75, 3.05) is 12.4 Å². The van der Waals surface area contributed by atoms with Crippen LogP contribution in [0.5, 0.6) is 5.75 Å². The van der Waals surface area contributed by atoms with Gasteiger partial charge in [-0.05, 0) is 47.0 Å². The number of rotatable bonds is 5. The normalized spacial score (nSPS) is 10.8. The third-order valence-corrected chi connectivity index (χ3v) is 4.57. The van der Waals surface area contributed by atoms with Crippen molar-refractivity contribution in [3.63, 3.8) is 0 Å². The minimum atomic E-state index is -0.527. The topological polar surface area (TPSA) is 98.8 Å². The van der Waals surface area contributed by atoms with Crippen LogP contribution in [0.1, 0.15) is 28.7 Å². The average Bonchev–Trinajstić information content (AvgIpc) is 3.00. The number of hydrogen-bond donors (Lipinski definition) is 1. The SMILES string of the molecule is CCc1nc2c(C)cc(Br)cn2c1C(=O)Nc1cc([N+](=O)[O-])ccc1OC. The summed E-state index contributed by atoms with van der Waals surface area (Å²) in [4.78, 5) is 28.1. The fraction of sp³-hybridized carbons (Fsp3) is 0.222. The number of fused-ring (bicyclic) bond motifs is 1. The number of pyridine rings is 1. The number of methoxy groups -OCH3 is 1. The van der Waals surface area contributed by atoms with E-state index in [-0.39, 0.29) is 11.4 Å². The number of nitrogens with zero attached hydrogens (tertiary/aromatic N) is 3. The predicted molar refractivity (Wildman–Crippen MR) is 105 cm³/mol. The van der Waals surface area contributed by atoms with Crippen LogP contribution in [0.15, 0.2) is 34.9 Å². The van der Waals surface area contributed by atoms with E-state index in [0.717, 1.165) is 10.0 Å². The van der Waals surface area contributed by atoms with Crippen molar-refractivity contribution in [2.24, 2.45) is 0 Å². The van der Waals surface area contributed by atoms with E-state index >= 15 is 0 Å². The molecule has 1 N–H and O–H groups in total. The van der Waals surface area contributed by atoms with E-state index < -0.39 is 10.8 Å². The maximum Gasteiger partial charge on any atom is 0.274 e. The highest BCUT2D eigenvalue weighted by molar-refractivity contribution is 9.10. The van der Waals surface area contributed by atoms with Gasteiger partial charge >= 0.3 is 0 Å². The van der Waals surface area contributed by atoms with Gasteiger partial charge in [-0.25, -0.2) is 4.98 Å². The summed E-state index contributed by atoms with van der Waals surface area (Å²) in [5.74, 6) is -0.0890. The van der Waals surface area contributed by atoms with Crippen molar-refractivity contribution in [3.8, 4) is 5.75 Å². The Hall–Kier alpha value is -2.94. The van der Waals surface area contributed by atoms with Crippen LogP contribution in [0.3, 0.4) is 0 Å². The van der Waals surface area contributed by atoms with Crippen molar-refractivity contribution in [1.29, 1.82) is 0 Å². The molecule has 0 bridgehead atoms. The smallest absolute Gasteiger partial charge is 0.274 e. The highest BCUT2D eigenvalue weighted by Gasteiger charge is 2.22. The number of amides is 1. The third kappa shape index (κ3) is 3.50. The first-order valence-electron chi connectivity index (χ1n) is 8.16. The zero-order valence-electron chi connectivity index (χ0n) is 14.9. The number of anilines is 1. The van der Waals surface area contributed by atoms with Crippen molar-refractivity contribution >= 4 is 38.9 Å². The van der Waals surface area contributed by atoms with Crippen LogP contribution in [0.25, 0.3) is 5.65 Å². The van der Waals surface area contributed by atoms with Crippen molar-refractivity contribution in [3.05, 3.63) is 62.0 Å². The number of ether oxygens (including phenoxy) is 1. The monoisotopic (exact) mass is 432 g/mol. The molecule has 1 amide bonds. The lowest BCUT2D eigenvalue weighted by Gasteiger charge is -2.11. The molecule has 3 rings (SSSR count). The number of imidazole rings is 1. The van der Waals surface area contributed by atoms with Gasteiger partial charge in [0.2, 0.25) is 0 Å². The molecule has 0 aliphatic carbocycles. The molecule has 9 heteroatoms. The Labute approximate surface area is 163 Å². The number of halogens is 1. The van der Waals surface area contributed by atoms with E-state index in [4.69, 9.17) is 4.74 Å². The molecule has 2 aromatic heterocycles. The number of carbonyl (C=O) groups is 1. The summed E-state index contributed by atoms with van der Waals surface area (Å²) in [6.07, 6.45) is 2.33. The van der Waals surface area contributed by atoms with Crippen LogP contribution >= 0.6 is 15.9 Å². The lowest BCUT2D eigenvalue weighted by molar-refractivity contribution is -0.384. The predicted octanol–water partition coefficient (Wildman–Crippen LogP) is 4.14. The second-order valence-corrected chi connectivity index (χ2v) is 6.81. The molecule has 0 unspecified atom stereocenters. The number of aromatic nitrogens is 2. The largest absolute Gasteiger partial charge is 0.495 e. The Morgan fingerprint density at radius 1 is 1.41 bits per heavy atom. The molecule has 0 spiro atoms. The Kier molecular flexibility index (Phi) is 5.13. The van der Waals surface area contributed by atoms with Crippen LogP contribution in [0, 0.1) is 17.0 Å². The lowest BCUT2D eigenvalue weighted by Crippen LogP contribution is -2.17. The molecule has 140 valence electrons. The minimum Gasteiger partial charge on any atom is -0.495 e. The van der Waals surface area contributed by atoms with E-state index in [9.17, 15) is 14.9 Å². The number of benzene rings is 1. The van der Waals surface area contributed by atoms with Gasteiger partial charge in [-0.1, -0.05) is 6.92 Å². The molecule has 0 radical (unpaired) electrons. The van der Waals surface area contributed by atoms with Gasteiger partial charge in [0.25, 0.3) is 11.6 Å². The summed E-state index contributed by atoms with van der Waals surface area (Å²) in [6, 6.07) is 5.96. The van der Waals surface area contributed by atoms with Gasteiger partial charge in [-0.2, -0.15) is 0 Å². The molecule has 0 fully saturated rings. The zero-order valence-corrected chi connectivity index (χ0v) is 16.5. The fourth-order valence-electron chi connectivity index (χ4n) is 2.89. The van der Waals surface area contributed by atoms with Crippen LogP contribution in [0.4, 0.5) is 11.4 Å². The molecular weight excluding hydrogens is 416 g/mol. The standard InChI is InChI=1S/C18H17BrN4O4/c1-4-13-16(22-9-11(19)7-10(2)17(22)20-13)18(24)21-14-8-12(23(25)26)5-6-15(14)27-3/h5-9H,4H2,1-3H3,(H,21,24). The number of carbonyl (C=O) groups excluding carboxylic acids is 1. The van der Waals surface area contributed by atoms with Gasteiger partial charge in [-0.3, -0.25) is 19.3 Å². The second-order valence-electron chi connectivity index (χ2n) is 5.89. The zero-order chi connectivity index (χ0) is 19.7. The number of non-ortho nitro benzene ring substituents is 1. The number of hydrogen-bond acceptors (Lipinski definition) is 5. The summed E-state index contributed by atoms with van der Waals surface area (Å²) in [6.45, 7) is 3.83. The van der Waals surface area contributed by atoms with Crippen LogP contribution in [0.2, 0.25) is 0 Å². The molecule has 0 atom stereocenters. The van der Waals surface area contributed by atoms with Crippen LogP contribution in [-0.4, -0.2) is 27.3 Å². The fourth-order valence-corrected chi connectivity index (χ4v) is 3.44. The van der Waals surface area contributed by atoms with Gasteiger partial charge in [0.1, 0.15) is 17.1 Å². The van der Waals surface area contributed by atoms with Gasteiger partial charge in [-0.15, -0.1) is 0 Å². The molecule has 27 heavy (non-hydrogen) atoms. The first-order valence-corrected chi connectivity index (χ1v) is 8.95. The number of nitrogens with one attached hydrogen (secondary N) is 1. The lowest BCUT2D eigenvalue weighted by atomic mass is 10.2. The van der Waals surface area contributed by atoms with Gasteiger partial charge in [0.05, 0.1) is 23.4 Å². The molecule has 0 saturated heterocycles. The van der Waals surface area contributed by atoms with E-state index in [1.54, 1.807) is 10.6 Å². The number of nitro benzene ring substituents is 1. The van der Waals surface area contributed by atoms with Gasteiger partial charge < -0.3 is 10.1 Å². The van der Waals surface area contributed by atoms with Crippen molar-refractivity contribution < 1.29 is 14.5 Å². The van der Waals surface area contributed by atoms with Crippen LogP contribution < -0.4 is 10.1 Å². The summed E-state index contributed by atoms with van der Waals surface area (Å²) >= 11 is 3.44. The molecule has 1 aromatic carbocycles. The Morgan fingerprint density at radius 3 is 2.78 bits per heavy atom. The summed E-state index contributed by atoms with van der Waals surface area (Å²) in [7, 11) is 1.43. The molecule has 8 nitrogen and oxygen atoms in total.